The lowest BCUT2D eigenvalue weighted by molar-refractivity contribution is -0.150. The van der Waals surface area contributed by atoms with E-state index in [-0.39, 0.29) is 12.5 Å². The average Bonchev–Trinajstić information content (AvgIpc) is 2.57. The molecule has 0 aromatic rings. The highest BCUT2D eigenvalue weighted by atomic mass is 16.5. The predicted octanol–water partition coefficient (Wildman–Crippen LogP) is 0.852. The second-order valence-corrected chi connectivity index (χ2v) is 7.45. The van der Waals surface area contributed by atoms with Crippen LogP contribution in [0, 0.1) is 11.8 Å². The van der Waals surface area contributed by atoms with Crippen LogP contribution in [0.5, 0.6) is 0 Å². The van der Waals surface area contributed by atoms with Crippen LogP contribution in [0.3, 0.4) is 0 Å². The fourth-order valence-electron chi connectivity index (χ4n) is 3.10. The van der Waals surface area contributed by atoms with Gasteiger partial charge in [-0.25, -0.2) is 0 Å². The van der Waals surface area contributed by atoms with Crippen molar-refractivity contribution in [3.63, 3.8) is 0 Å². The maximum Gasteiger partial charge on any atom is 0.189 e. The van der Waals surface area contributed by atoms with E-state index in [1.54, 1.807) is 12.2 Å². The zero-order valence-corrected chi connectivity index (χ0v) is 15.1. The van der Waals surface area contributed by atoms with Crippen LogP contribution in [-0.2, 0) is 9.53 Å². The molecule has 140 valence electrons. The highest BCUT2D eigenvalue weighted by Gasteiger charge is 2.47. The number of ether oxygens (including phenoxy) is 1. The molecule has 6 heteroatoms. The summed E-state index contributed by atoms with van der Waals surface area (Å²) in [7, 11) is 0. The van der Waals surface area contributed by atoms with Crippen molar-refractivity contribution in [2.24, 2.45) is 11.8 Å². The number of hydrogen-bond acceptors (Lipinski definition) is 6. The van der Waals surface area contributed by atoms with E-state index in [0.29, 0.717) is 11.3 Å². The summed E-state index contributed by atoms with van der Waals surface area (Å²) in [6.45, 7) is 6.73. The summed E-state index contributed by atoms with van der Waals surface area (Å²) >= 11 is 0. The molecular formula is C19H28O6. The maximum atomic E-state index is 12.0. The summed E-state index contributed by atoms with van der Waals surface area (Å²) in [5, 5.41) is 40.9. The van der Waals surface area contributed by atoms with Crippen molar-refractivity contribution >= 4 is 5.78 Å². The lowest BCUT2D eigenvalue weighted by atomic mass is 9.75. The number of carbonyl (C=O) groups is 1. The van der Waals surface area contributed by atoms with Gasteiger partial charge in [-0.15, -0.1) is 0 Å². The normalized spacial score (nSPS) is 34.5. The van der Waals surface area contributed by atoms with E-state index in [0.717, 1.165) is 6.42 Å². The van der Waals surface area contributed by atoms with Gasteiger partial charge in [0.15, 0.2) is 11.4 Å². The minimum Gasteiger partial charge on any atom is -0.493 e. The molecule has 0 bridgehead atoms. The van der Waals surface area contributed by atoms with E-state index in [4.69, 9.17) is 4.74 Å². The number of allylic oxidation sites excluding steroid dienone is 2. The van der Waals surface area contributed by atoms with Crippen LogP contribution in [0.15, 0.2) is 35.6 Å². The van der Waals surface area contributed by atoms with Crippen molar-refractivity contribution in [1.29, 1.82) is 0 Å². The molecule has 2 aliphatic rings. The van der Waals surface area contributed by atoms with Gasteiger partial charge in [-0.05, 0) is 49.6 Å². The van der Waals surface area contributed by atoms with Crippen molar-refractivity contribution < 1.29 is 30.0 Å². The van der Waals surface area contributed by atoms with Gasteiger partial charge in [-0.3, -0.25) is 4.79 Å². The number of carbonyl (C=O) groups excluding carboxylic acids is 1. The van der Waals surface area contributed by atoms with E-state index in [2.05, 4.69) is 0 Å². The van der Waals surface area contributed by atoms with Gasteiger partial charge in [0.1, 0.15) is 11.4 Å². The van der Waals surface area contributed by atoms with Crippen LogP contribution in [-0.4, -0.2) is 56.2 Å². The molecule has 0 saturated heterocycles. The molecule has 1 heterocycles. The van der Waals surface area contributed by atoms with Gasteiger partial charge >= 0.3 is 0 Å². The molecular weight excluding hydrogens is 324 g/mol. The summed E-state index contributed by atoms with van der Waals surface area (Å²) in [5.41, 5.74) is -2.66. The molecule has 25 heavy (non-hydrogen) atoms. The predicted molar refractivity (Wildman–Crippen MR) is 92.5 cm³/mol. The lowest BCUT2D eigenvalue weighted by Crippen LogP contribution is -2.54. The Labute approximate surface area is 148 Å². The van der Waals surface area contributed by atoms with Crippen LogP contribution < -0.4 is 0 Å². The first-order chi connectivity index (χ1) is 11.5. The number of aliphatic hydroxyl groups excluding tert-OH is 2. The number of ketones is 1. The first-order valence-electron chi connectivity index (χ1n) is 8.61. The van der Waals surface area contributed by atoms with E-state index in [1.165, 1.54) is 26.0 Å². The van der Waals surface area contributed by atoms with Gasteiger partial charge in [0.25, 0.3) is 0 Å². The third kappa shape index (κ3) is 3.87. The smallest absolute Gasteiger partial charge is 0.189 e. The zero-order chi connectivity index (χ0) is 19.0. The summed E-state index contributed by atoms with van der Waals surface area (Å²) < 4.78 is 5.57. The molecule has 0 spiro atoms. The van der Waals surface area contributed by atoms with Crippen molar-refractivity contribution in [2.45, 2.75) is 57.5 Å². The number of fused-ring (bicyclic) bond motifs is 1. The van der Waals surface area contributed by atoms with Crippen molar-refractivity contribution in [1.82, 2.24) is 0 Å². The Balaban J connectivity index is 2.21. The third-order valence-corrected chi connectivity index (χ3v) is 5.29. The molecule has 0 saturated carbocycles. The van der Waals surface area contributed by atoms with Gasteiger partial charge in [-0.1, -0.05) is 20.3 Å². The monoisotopic (exact) mass is 352 g/mol. The van der Waals surface area contributed by atoms with Crippen LogP contribution in [0.4, 0.5) is 0 Å². The molecule has 1 aliphatic carbocycles. The van der Waals surface area contributed by atoms with Crippen LogP contribution in [0.2, 0.25) is 0 Å². The summed E-state index contributed by atoms with van der Waals surface area (Å²) in [6.07, 6.45) is 4.51. The summed E-state index contributed by atoms with van der Waals surface area (Å²) in [6, 6.07) is 0. The van der Waals surface area contributed by atoms with Gasteiger partial charge in [0, 0.05) is 5.92 Å². The molecule has 4 N–H and O–H groups in total. The molecule has 6 nitrogen and oxygen atoms in total. The second kappa shape index (κ2) is 7.03. The number of aliphatic hydroxyl groups is 4. The molecule has 0 amide bonds. The zero-order valence-electron chi connectivity index (χ0n) is 15.1. The van der Waals surface area contributed by atoms with Crippen molar-refractivity contribution in [2.75, 3.05) is 6.61 Å². The topological polar surface area (TPSA) is 107 Å². The fraction of sp³-hybridized carbons (Fsp3) is 0.632. The van der Waals surface area contributed by atoms with Gasteiger partial charge in [0.2, 0.25) is 0 Å². The van der Waals surface area contributed by atoms with E-state index in [9.17, 15) is 25.2 Å². The highest BCUT2D eigenvalue weighted by molar-refractivity contribution is 5.99. The lowest BCUT2D eigenvalue weighted by Gasteiger charge is -2.39. The number of rotatable bonds is 5. The molecule has 6 atom stereocenters. The van der Waals surface area contributed by atoms with Gasteiger partial charge in [-0.2, -0.15) is 0 Å². The SMILES string of the molecule is CC[C@@H](C)[C@@H](O)[C@](C)(O)/C=C/C1=CC2=CC(=O)[C@@](C)(O)[C@H](O)[C@@H]2CO1. The fourth-order valence-corrected chi connectivity index (χ4v) is 3.10. The first-order valence-corrected chi connectivity index (χ1v) is 8.61. The minimum atomic E-state index is -1.82. The minimum absolute atomic E-state index is 0.0682. The third-order valence-electron chi connectivity index (χ3n) is 5.29. The Morgan fingerprint density at radius 3 is 2.72 bits per heavy atom. The Bertz CT molecular complexity index is 613. The molecule has 0 fully saturated rings. The maximum absolute atomic E-state index is 12.0. The van der Waals surface area contributed by atoms with E-state index in [1.807, 2.05) is 13.8 Å². The van der Waals surface area contributed by atoms with Crippen molar-refractivity contribution in [3.8, 4) is 0 Å². The van der Waals surface area contributed by atoms with Gasteiger partial charge in [0.05, 0.1) is 18.8 Å². The average molecular weight is 352 g/mol. The molecule has 1 aliphatic heterocycles. The second-order valence-electron chi connectivity index (χ2n) is 7.45. The Morgan fingerprint density at radius 2 is 2.12 bits per heavy atom. The summed E-state index contributed by atoms with van der Waals surface area (Å²) in [4.78, 5) is 12.0. The molecule has 0 unspecified atom stereocenters. The molecule has 0 aromatic carbocycles. The summed E-state index contributed by atoms with van der Waals surface area (Å²) in [5.74, 6) is -0.690. The van der Waals surface area contributed by atoms with Crippen LogP contribution in [0.1, 0.15) is 34.1 Å². The van der Waals surface area contributed by atoms with Crippen molar-refractivity contribution in [3.05, 3.63) is 35.6 Å². The van der Waals surface area contributed by atoms with Gasteiger partial charge < -0.3 is 25.2 Å². The first kappa shape index (κ1) is 19.8. The van der Waals surface area contributed by atoms with E-state index >= 15 is 0 Å². The Hall–Kier alpha value is -1.47. The molecule has 0 radical (unpaired) electrons. The highest BCUT2D eigenvalue weighted by Crippen LogP contribution is 2.35. The van der Waals surface area contributed by atoms with E-state index < -0.39 is 35.1 Å². The largest absolute Gasteiger partial charge is 0.493 e. The molecule has 0 aromatic heterocycles. The molecule has 2 rings (SSSR count). The Morgan fingerprint density at radius 1 is 1.48 bits per heavy atom. The standard InChI is InChI=1S/C19H28O6/c1-5-11(2)16(21)18(3,23)7-6-13-8-12-9-15(20)19(4,24)17(22)14(12)10-25-13/h6-9,11,14,16-17,21-24H,5,10H2,1-4H3/b7-6+/t11-,14-,16-,17-,18-,19-/m1/s1. The Kier molecular flexibility index (Phi) is 5.59. The van der Waals surface area contributed by atoms with Crippen LogP contribution in [0.25, 0.3) is 0 Å². The number of hydrogen-bond donors (Lipinski definition) is 4. The van der Waals surface area contributed by atoms with Crippen LogP contribution >= 0.6 is 0 Å². The quantitative estimate of drug-likeness (QED) is 0.584.